The van der Waals surface area contributed by atoms with Crippen molar-refractivity contribution in [1.82, 2.24) is 15.5 Å². The van der Waals surface area contributed by atoms with Crippen LogP contribution in [-0.4, -0.2) is 27.8 Å². The molecule has 1 heterocycles. The van der Waals surface area contributed by atoms with Gasteiger partial charge in [-0.05, 0) is 6.42 Å². The standard InChI is InChI=1S/C10H17N3O3/c1-2-3-4-8-12-9(16-13-8)7-11-6-5-10(14)15/h11H,2-7H2,1H3,(H,14,15). The van der Waals surface area contributed by atoms with E-state index in [1.807, 2.05) is 0 Å². The lowest BCUT2D eigenvalue weighted by Gasteiger charge is -1.96. The second kappa shape index (κ2) is 6.95. The van der Waals surface area contributed by atoms with Gasteiger partial charge in [-0.25, -0.2) is 0 Å². The number of aryl methyl sites for hydroxylation is 1. The molecular weight excluding hydrogens is 210 g/mol. The van der Waals surface area contributed by atoms with Crippen LogP contribution >= 0.6 is 0 Å². The Labute approximate surface area is 94.0 Å². The summed E-state index contributed by atoms with van der Waals surface area (Å²) in [6.07, 6.45) is 3.07. The smallest absolute Gasteiger partial charge is 0.304 e. The van der Waals surface area contributed by atoms with Crippen LogP contribution in [0.1, 0.15) is 37.9 Å². The minimum atomic E-state index is -0.818. The van der Waals surface area contributed by atoms with Crippen LogP contribution in [0.3, 0.4) is 0 Å². The molecule has 0 aliphatic heterocycles. The third-order valence-electron chi connectivity index (χ3n) is 2.06. The van der Waals surface area contributed by atoms with Crippen LogP contribution in [0.4, 0.5) is 0 Å². The Morgan fingerprint density at radius 3 is 3.06 bits per heavy atom. The van der Waals surface area contributed by atoms with E-state index in [0.29, 0.717) is 19.0 Å². The van der Waals surface area contributed by atoms with Crippen molar-refractivity contribution in [2.45, 2.75) is 39.2 Å². The number of unbranched alkanes of at least 4 members (excludes halogenated alkanes) is 1. The molecular formula is C10H17N3O3. The Morgan fingerprint density at radius 1 is 1.56 bits per heavy atom. The molecule has 0 saturated carbocycles. The van der Waals surface area contributed by atoms with Crippen molar-refractivity contribution in [3.8, 4) is 0 Å². The fraction of sp³-hybridized carbons (Fsp3) is 0.700. The van der Waals surface area contributed by atoms with Gasteiger partial charge < -0.3 is 14.9 Å². The molecule has 1 aromatic heterocycles. The Hall–Kier alpha value is -1.43. The Balaban J connectivity index is 2.21. The first-order valence-electron chi connectivity index (χ1n) is 5.46. The fourth-order valence-electron chi connectivity index (χ4n) is 1.19. The number of hydrogen-bond donors (Lipinski definition) is 2. The van der Waals surface area contributed by atoms with E-state index in [1.165, 1.54) is 0 Å². The summed E-state index contributed by atoms with van der Waals surface area (Å²) in [5, 5.41) is 15.2. The lowest BCUT2D eigenvalue weighted by molar-refractivity contribution is -0.136. The largest absolute Gasteiger partial charge is 0.481 e. The Kier molecular flexibility index (Phi) is 5.49. The van der Waals surface area contributed by atoms with Crippen molar-refractivity contribution < 1.29 is 14.4 Å². The summed E-state index contributed by atoms with van der Waals surface area (Å²) < 4.78 is 5.00. The van der Waals surface area contributed by atoms with Gasteiger partial charge in [0.15, 0.2) is 5.82 Å². The predicted octanol–water partition coefficient (Wildman–Crippen LogP) is 0.976. The lowest BCUT2D eigenvalue weighted by atomic mass is 10.2. The topological polar surface area (TPSA) is 88.2 Å². The molecule has 6 heteroatoms. The van der Waals surface area contributed by atoms with E-state index in [0.717, 1.165) is 25.1 Å². The maximum absolute atomic E-state index is 10.2. The average Bonchev–Trinajstić information content (AvgIpc) is 2.69. The van der Waals surface area contributed by atoms with E-state index in [4.69, 9.17) is 9.63 Å². The molecule has 0 radical (unpaired) electrons. The highest BCUT2D eigenvalue weighted by Crippen LogP contribution is 2.01. The van der Waals surface area contributed by atoms with Gasteiger partial charge in [0, 0.05) is 13.0 Å². The van der Waals surface area contributed by atoms with Crippen LogP contribution in [0, 0.1) is 0 Å². The van der Waals surface area contributed by atoms with Gasteiger partial charge in [-0.1, -0.05) is 18.5 Å². The van der Waals surface area contributed by atoms with Crippen molar-refractivity contribution in [3.63, 3.8) is 0 Å². The zero-order valence-corrected chi connectivity index (χ0v) is 9.40. The summed E-state index contributed by atoms with van der Waals surface area (Å²) in [7, 11) is 0. The molecule has 2 N–H and O–H groups in total. The Morgan fingerprint density at radius 2 is 2.38 bits per heavy atom. The van der Waals surface area contributed by atoms with Gasteiger partial charge in [-0.2, -0.15) is 4.98 Å². The first-order chi connectivity index (χ1) is 7.72. The van der Waals surface area contributed by atoms with Gasteiger partial charge in [-0.15, -0.1) is 0 Å². The fourth-order valence-corrected chi connectivity index (χ4v) is 1.19. The third-order valence-corrected chi connectivity index (χ3v) is 2.06. The summed E-state index contributed by atoms with van der Waals surface area (Å²) in [6, 6.07) is 0. The maximum atomic E-state index is 10.2. The van der Waals surface area contributed by atoms with Crippen molar-refractivity contribution in [2.75, 3.05) is 6.54 Å². The van der Waals surface area contributed by atoms with Crippen LogP contribution in [-0.2, 0) is 17.8 Å². The molecule has 1 rings (SSSR count). The molecule has 0 amide bonds. The molecule has 16 heavy (non-hydrogen) atoms. The number of aliphatic carboxylic acids is 1. The molecule has 0 aromatic carbocycles. The maximum Gasteiger partial charge on any atom is 0.304 e. The SMILES string of the molecule is CCCCc1noc(CNCCC(=O)O)n1. The molecule has 0 unspecified atom stereocenters. The quantitative estimate of drug-likeness (QED) is 0.643. The van der Waals surface area contributed by atoms with Crippen molar-refractivity contribution >= 4 is 5.97 Å². The monoisotopic (exact) mass is 227 g/mol. The summed E-state index contributed by atoms with van der Waals surface area (Å²) in [4.78, 5) is 14.4. The number of carboxylic acids is 1. The van der Waals surface area contributed by atoms with Gasteiger partial charge in [0.25, 0.3) is 0 Å². The Bertz CT molecular complexity index is 325. The zero-order valence-electron chi connectivity index (χ0n) is 9.40. The number of carbonyl (C=O) groups is 1. The summed E-state index contributed by atoms with van der Waals surface area (Å²) in [5.41, 5.74) is 0. The highest BCUT2D eigenvalue weighted by atomic mass is 16.5. The van der Waals surface area contributed by atoms with E-state index in [-0.39, 0.29) is 6.42 Å². The van der Waals surface area contributed by atoms with Gasteiger partial charge in [0.05, 0.1) is 13.0 Å². The minimum absolute atomic E-state index is 0.0941. The molecule has 0 fully saturated rings. The van der Waals surface area contributed by atoms with Crippen molar-refractivity contribution in [1.29, 1.82) is 0 Å². The molecule has 0 bridgehead atoms. The second-order valence-corrected chi connectivity index (χ2v) is 3.53. The van der Waals surface area contributed by atoms with Gasteiger partial charge in [-0.3, -0.25) is 4.79 Å². The summed E-state index contributed by atoms with van der Waals surface area (Å²) in [6.45, 7) is 2.93. The van der Waals surface area contributed by atoms with Gasteiger partial charge in [0.1, 0.15) is 0 Å². The van der Waals surface area contributed by atoms with Gasteiger partial charge >= 0.3 is 5.97 Å². The van der Waals surface area contributed by atoms with E-state index in [2.05, 4.69) is 22.4 Å². The molecule has 0 atom stereocenters. The molecule has 0 aliphatic rings. The van der Waals surface area contributed by atoms with Gasteiger partial charge in [0.2, 0.25) is 5.89 Å². The summed E-state index contributed by atoms with van der Waals surface area (Å²) >= 11 is 0. The highest BCUT2D eigenvalue weighted by molar-refractivity contribution is 5.66. The van der Waals surface area contributed by atoms with E-state index < -0.39 is 5.97 Å². The summed E-state index contributed by atoms with van der Waals surface area (Å²) in [5.74, 6) is 0.412. The zero-order chi connectivity index (χ0) is 11.8. The second-order valence-electron chi connectivity index (χ2n) is 3.53. The number of aromatic nitrogens is 2. The predicted molar refractivity (Wildman–Crippen MR) is 56.9 cm³/mol. The van der Waals surface area contributed by atoms with E-state index >= 15 is 0 Å². The number of nitrogens with one attached hydrogen (secondary N) is 1. The average molecular weight is 227 g/mol. The van der Waals surface area contributed by atoms with Crippen LogP contribution in [0.25, 0.3) is 0 Å². The molecule has 90 valence electrons. The van der Waals surface area contributed by atoms with Crippen LogP contribution in [0.2, 0.25) is 0 Å². The normalized spacial score (nSPS) is 10.6. The molecule has 6 nitrogen and oxygen atoms in total. The van der Waals surface area contributed by atoms with Crippen molar-refractivity contribution in [3.05, 3.63) is 11.7 Å². The molecule has 0 saturated heterocycles. The van der Waals surface area contributed by atoms with Crippen LogP contribution < -0.4 is 5.32 Å². The van der Waals surface area contributed by atoms with E-state index in [1.54, 1.807) is 0 Å². The lowest BCUT2D eigenvalue weighted by Crippen LogP contribution is -2.17. The number of hydrogen-bond acceptors (Lipinski definition) is 5. The first kappa shape index (κ1) is 12.6. The number of rotatable bonds is 8. The van der Waals surface area contributed by atoms with Crippen LogP contribution in [0.5, 0.6) is 0 Å². The number of nitrogens with zero attached hydrogens (tertiary/aromatic N) is 2. The van der Waals surface area contributed by atoms with Crippen molar-refractivity contribution in [2.24, 2.45) is 0 Å². The minimum Gasteiger partial charge on any atom is -0.481 e. The third kappa shape index (κ3) is 4.88. The first-order valence-corrected chi connectivity index (χ1v) is 5.46. The molecule has 0 spiro atoms. The molecule has 1 aromatic rings. The van der Waals surface area contributed by atoms with Crippen LogP contribution in [0.15, 0.2) is 4.52 Å². The number of carboxylic acid groups (broad SMARTS) is 1. The highest BCUT2D eigenvalue weighted by Gasteiger charge is 2.05. The van der Waals surface area contributed by atoms with E-state index in [9.17, 15) is 4.79 Å². The molecule has 0 aliphatic carbocycles.